The number of piperazine rings is 1. The quantitative estimate of drug-likeness (QED) is 0.516. The third kappa shape index (κ3) is 6.70. The van der Waals surface area contributed by atoms with E-state index in [2.05, 4.69) is 45.3 Å². The number of thiocarbonyl (C=S) groups is 1. The van der Waals surface area contributed by atoms with Crippen LogP contribution in [-0.4, -0.2) is 55.1 Å². The van der Waals surface area contributed by atoms with Crippen LogP contribution in [0.3, 0.4) is 0 Å². The predicted octanol–water partition coefficient (Wildman–Crippen LogP) is 4.59. The van der Waals surface area contributed by atoms with Crippen LogP contribution in [0.2, 0.25) is 0 Å². The number of halogens is 1. The Labute approximate surface area is 215 Å². The molecule has 0 aliphatic carbocycles. The molecule has 34 heavy (non-hydrogen) atoms. The summed E-state index contributed by atoms with van der Waals surface area (Å²) < 4.78 is 6.18. The Balaban J connectivity index is 1.55. The molecule has 1 aliphatic rings. The highest BCUT2D eigenvalue weighted by molar-refractivity contribution is 9.10. The van der Waals surface area contributed by atoms with Gasteiger partial charge in [0.2, 0.25) is 5.91 Å². The molecule has 0 atom stereocenters. The van der Waals surface area contributed by atoms with Gasteiger partial charge in [0.15, 0.2) is 5.11 Å². The summed E-state index contributed by atoms with van der Waals surface area (Å²) in [4.78, 5) is 29.3. The fraction of sp³-hybridized carbons (Fsp3) is 0.400. The van der Waals surface area contributed by atoms with E-state index >= 15 is 0 Å². The number of nitrogens with zero attached hydrogens (tertiary/aromatic N) is 2. The molecule has 1 heterocycles. The lowest BCUT2D eigenvalue weighted by Gasteiger charge is -2.36. The van der Waals surface area contributed by atoms with Crippen molar-refractivity contribution in [2.75, 3.05) is 43.5 Å². The number of methoxy groups -OCH3 is 1. The lowest BCUT2D eigenvalue weighted by atomic mass is 10.1. The molecule has 2 aromatic carbocycles. The zero-order valence-corrected chi connectivity index (χ0v) is 22.4. The summed E-state index contributed by atoms with van der Waals surface area (Å²) >= 11 is 8.76. The molecule has 0 unspecified atom stereocenters. The highest BCUT2D eigenvalue weighted by Gasteiger charge is 2.22. The number of ether oxygens (including phenoxy) is 1. The maximum atomic E-state index is 12.7. The lowest BCUT2D eigenvalue weighted by Crippen LogP contribution is -2.49. The third-order valence-corrected chi connectivity index (χ3v) is 6.28. The van der Waals surface area contributed by atoms with Crippen molar-refractivity contribution in [3.63, 3.8) is 0 Å². The van der Waals surface area contributed by atoms with E-state index in [-0.39, 0.29) is 16.9 Å². The molecule has 0 radical (unpaired) electrons. The number of carbonyl (C=O) groups excluding carboxylic acids is 2. The van der Waals surface area contributed by atoms with Crippen LogP contribution in [-0.2, 0) is 4.79 Å². The van der Waals surface area contributed by atoms with Crippen LogP contribution in [0.5, 0.6) is 5.75 Å². The minimum Gasteiger partial charge on any atom is -0.496 e. The van der Waals surface area contributed by atoms with Crippen molar-refractivity contribution in [3.8, 4) is 5.75 Å². The van der Waals surface area contributed by atoms with Gasteiger partial charge in [0.25, 0.3) is 5.91 Å². The van der Waals surface area contributed by atoms with Crippen LogP contribution in [0.25, 0.3) is 0 Å². The van der Waals surface area contributed by atoms with Gasteiger partial charge in [0.1, 0.15) is 5.75 Å². The number of aryl methyl sites for hydroxylation is 1. The second kappa shape index (κ2) is 11.7. The second-order valence-electron chi connectivity index (χ2n) is 8.72. The fourth-order valence-electron chi connectivity index (χ4n) is 3.95. The summed E-state index contributed by atoms with van der Waals surface area (Å²) in [5, 5.41) is 5.97. The first-order valence-electron chi connectivity index (χ1n) is 11.3. The van der Waals surface area contributed by atoms with E-state index in [4.69, 9.17) is 17.0 Å². The van der Waals surface area contributed by atoms with Crippen LogP contribution in [0.4, 0.5) is 11.4 Å². The monoisotopic (exact) mass is 546 g/mol. The number of nitrogens with one attached hydrogen (secondary N) is 2. The molecular formula is C25H31BrN4O3S. The maximum absolute atomic E-state index is 12.7. The Hall–Kier alpha value is -2.65. The normalized spacial score (nSPS) is 13.6. The van der Waals surface area contributed by atoms with Crippen LogP contribution < -0.4 is 20.3 Å². The van der Waals surface area contributed by atoms with Gasteiger partial charge in [-0.3, -0.25) is 14.9 Å². The van der Waals surface area contributed by atoms with Crippen molar-refractivity contribution in [3.05, 3.63) is 52.0 Å². The molecule has 0 bridgehead atoms. The highest BCUT2D eigenvalue weighted by Crippen LogP contribution is 2.28. The summed E-state index contributed by atoms with van der Waals surface area (Å²) in [6.07, 6.45) is 0.602. The Bertz CT molecular complexity index is 1050. The van der Waals surface area contributed by atoms with E-state index in [0.717, 1.165) is 47.6 Å². The van der Waals surface area contributed by atoms with E-state index in [1.807, 2.05) is 42.2 Å². The van der Waals surface area contributed by atoms with Crippen molar-refractivity contribution in [2.24, 2.45) is 5.92 Å². The second-order valence-corrected chi connectivity index (χ2v) is 10.0. The summed E-state index contributed by atoms with van der Waals surface area (Å²) in [6.45, 7) is 9.10. The van der Waals surface area contributed by atoms with Gasteiger partial charge in [0.05, 0.1) is 12.7 Å². The van der Waals surface area contributed by atoms with E-state index in [0.29, 0.717) is 23.7 Å². The van der Waals surface area contributed by atoms with Crippen molar-refractivity contribution < 1.29 is 14.3 Å². The van der Waals surface area contributed by atoms with Gasteiger partial charge >= 0.3 is 0 Å². The number of hydrogen-bond acceptors (Lipinski definition) is 5. The van der Waals surface area contributed by atoms with Gasteiger partial charge in [-0.25, -0.2) is 0 Å². The van der Waals surface area contributed by atoms with Gasteiger partial charge in [0, 0.05) is 48.4 Å². The predicted molar refractivity (Wildman–Crippen MR) is 144 cm³/mol. The smallest absolute Gasteiger partial charge is 0.261 e. The minimum atomic E-state index is -0.347. The first kappa shape index (κ1) is 26.0. The number of carbonyl (C=O) groups is 2. The zero-order valence-electron chi connectivity index (χ0n) is 20.0. The molecule has 7 nitrogen and oxygen atoms in total. The average molecular weight is 548 g/mol. The highest BCUT2D eigenvalue weighted by atomic mass is 79.9. The van der Waals surface area contributed by atoms with Crippen molar-refractivity contribution in [2.45, 2.75) is 27.2 Å². The summed E-state index contributed by atoms with van der Waals surface area (Å²) in [5.41, 5.74) is 3.12. The van der Waals surface area contributed by atoms with Gasteiger partial charge in [-0.2, -0.15) is 0 Å². The van der Waals surface area contributed by atoms with Gasteiger partial charge < -0.3 is 19.9 Å². The Morgan fingerprint density at radius 3 is 2.35 bits per heavy atom. The van der Waals surface area contributed by atoms with Crippen LogP contribution in [0.1, 0.15) is 36.2 Å². The van der Waals surface area contributed by atoms with E-state index < -0.39 is 0 Å². The largest absolute Gasteiger partial charge is 0.496 e. The van der Waals surface area contributed by atoms with Crippen molar-refractivity contribution in [1.82, 2.24) is 10.2 Å². The molecule has 9 heteroatoms. The van der Waals surface area contributed by atoms with Crippen LogP contribution in [0.15, 0.2) is 40.9 Å². The molecule has 1 aliphatic heterocycles. The summed E-state index contributed by atoms with van der Waals surface area (Å²) in [6, 6.07) is 11.5. The molecule has 1 fully saturated rings. The fourth-order valence-corrected chi connectivity index (χ4v) is 4.73. The van der Waals surface area contributed by atoms with Crippen molar-refractivity contribution in [1.29, 1.82) is 0 Å². The molecule has 2 amide bonds. The SMILES string of the molecule is COc1c(C)cc(Br)cc1C(=O)NC(=S)Nc1ccc(N2CCN(C(=O)CC(C)C)CC2)cc1. The summed E-state index contributed by atoms with van der Waals surface area (Å²) in [7, 11) is 1.54. The molecule has 182 valence electrons. The molecule has 1 saturated heterocycles. The first-order valence-corrected chi connectivity index (χ1v) is 12.5. The number of hydrogen-bond donors (Lipinski definition) is 2. The van der Waals surface area contributed by atoms with Gasteiger partial charge in [-0.05, 0) is 67.0 Å². The lowest BCUT2D eigenvalue weighted by molar-refractivity contribution is -0.132. The van der Waals surface area contributed by atoms with Gasteiger partial charge in [-0.1, -0.05) is 29.8 Å². The average Bonchev–Trinajstić information content (AvgIpc) is 2.78. The number of rotatable bonds is 6. The van der Waals surface area contributed by atoms with E-state index in [1.165, 1.54) is 7.11 Å². The van der Waals surface area contributed by atoms with E-state index in [1.54, 1.807) is 6.07 Å². The maximum Gasteiger partial charge on any atom is 0.261 e. The molecule has 0 spiro atoms. The van der Waals surface area contributed by atoms with E-state index in [9.17, 15) is 9.59 Å². The molecule has 3 rings (SSSR count). The summed E-state index contributed by atoms with van der Waals surface area (Å²) in [5.74, 6) is 0.779. The standard InChI is InChI=1S/C25H31BrN4O3S/c1-16(2)13-22(31)30-11-9-29(10-12-30)20-7-5-19(6-8-20)27-25(34)28-24(32)21-15-18(26)14-17(3)23(21)33-4/h5-8,14-16H,9-13H2,1-4H3,(H2,27,28,32,34). The Morgan fingerprint density at radius 1 is 1.12 bits per heavy atom. The minimum absolute atomic E-state index is 0.203. The van der Waals surface area contributed by atoms with Crippen LogP contribution in [0, 0.1) is 12.8 Å². The first-order chi connectivity index (χ1) is 16.2. The van der Waals surface area contributed by atoms with Crippen LogP contribution >= 0.6 is 28.1 Å². The molecule has 0 saturated carbocycles. The third-order valence-electron chi connectivity index (χ3n) is 5.62. The molecule has 2 aromatic rings. The van der Waals surface area contributed by atoms with Crippen molar-refractivity contribution >= 4 is 56.4 Å². The zero-order chi connectivity index (χ0) is 24.8. The van der Waals surface area contributed by atoms with Gasteiger partial charge in [-0.15, -0.1) is 0 Å². The number of benzene rings is 2. The Morgan fingerprint density at radius 2 is 1.76 bits per heavy atom. The topological polar surface area (TPSA) is 73.9 Å². The number of amides is 2. The Kier molecular flexibility index (Phi) is 8.90. The molecule has 2 N–H and O–H groups in total. The number of anilines is 2. The molecule has 0 aromatic heterocycles. The molecular weight excluding hydrogens is 516 g/mol.